The molecule has 1 aromatic heterocycles. The molecular formula is C29H34N2O8. The first-order valence-electron chi connectivity index (χ1n) is 13.1. The maximum atomic E-state index is 13.9. The Bertz CT molecular complexity index is 1390. The molecular weight excluding hydrogens is 504 g/mol. The molecule has 2 aromatic carbocycles. The molecule has 0 spiro atoms. The van der Waals surface area contributed by atoms with Gasteiger partial charge in [-0.1, -0.05) is 0 Å². The van der Waals surface area contributed by atoms with Crippen LogP contribution in [-0.4, -0.2) is 83.0 Å². The summed E-state index contributed by atoms with van der Waals surface area (Å²) in [6, 6.07) is 7.96. The van der Waals surface area contributed by atoms with Crippen LogP contribution >= 0.6 is 0 Å². The third-order valence-electron chi connectivity index (χ3n) is 7.23. The molecule has 1 unspecified atom stereocenters. The van der Waals surface area contributed by atoms with Gasteiger partial charge in [-0.25, -0.2) is 0 Å². The van der Waals surface area contributed by atoms with Crippen LogP contribution in [0, 0.1) is 0 Å². The Labute approximate surface area is 226 Å². The van der Waals surface area contributed by atoms with Crippen LogP contribution in [0.3, 0.4) is 0 Å². The Balaban J connectivity index is 1.60. The quantitative estimate of drug-likeness (QED) is 0.384. The monoisotopic (exact) mass is 538 g/mol. The van der Waals surface area contributed by atoms with Gasteiger partial charge in [-0.2, -0.15) is 0 Å². The lowest BCUT2D eigenvalue weighted by Crippen LogP contribution is -2.38. The molecule has 10 heteroatoms. The van der Waals surface area contributed by atoms with Crippen molar-refractivity contribution in [2.75, 3.05) is 67.3 Å². The molecule has 2 aliphatic rings. The van der Waals surface area contributed by atoms with Crippen molar-refractivity contribution in [3.63, 3.8) is 0 Å². The summed E-state index contributed by atoms with van der Waals surface area (Å²) < 4.78 is 33.8. The molecule has 5 rings (SSSR count). The lowest BCUT2D eigenvalue weighted by atomic mass is 9.97. The SMILES string of the molecule is CCOc1ccc2c(=O)c3c(oc2c1)C(=O)N(CCCN1CCOCC1)C3c1cc(OC)c(OC)c(OC)c1. The van der Waals surface area contributed by atoms with Gasteiger partial charge in [0, 0.05) is 32.2 Å². The van der Waals surface area contributed by atoms with E-state index in [0.717, 1.165) is 26.1 Å². The van der Waals surface area contributed by atoms with Crippen molar-refractivity contribution in [3.8, 4) is 23.0 Å². The number of amides is 1. The van der Waals surface area contributed by atoms with Crippen LogP contribution in [0.25, 0.3) is 11.0 Å². The maximum Gasteiger partial charge on any atom is 0.290 e. The van der Waals surface area contributed by atoms with E-state index in [1.807, 2.05) is 6.92 Å². The van der Waals surface area contributed by atoms with E-state index in [-0.39, 0.29) is 17.1 Å². The highest BCUT2D eigenvalue weighted by Crippen LogP contribution is 2.45. The van der Waals surface area contributed by atoms with E-state index in [1.54, 1.807) is 35.2 Å². The van der Waals surface area contributed by atoms with Crippen LogP contribution in [0.15, 0.2) is 39.5 Å². The number of carbonyl (C=O) groups is 1. The van der Waals surface area contributed by atoms with E-state index in [0.29, 0.717) is 71.5 Å². The van der Waals surface area contributed by atoms with E-state index in [1.165, 1.54) is 21.3 Å². The summed E-state index contributed by atoms with van der Waals surface area (Å²) >= 11 is 0. The summed E-state index contributed by atoms with van der Waals surface area (Å²) in [5.41, 5.74) is 1.03. The van der Waals surface area contributed by atoms with Crippen LogP contribution in [0.2, 0.25) is 0 Å². The fourth-order valence-corrected chi connectivity index (χ4v) is 5.38. The molecule has 10 nitrogen and oxygen atoms in total. The first-order valence-corrected chi connectivity index (χ1v) is 13.1. The number of hydrogen-bond donors (Lipinski definition) is 0. The Morgan fingerprint density at radius 1 is 0.949 bits per heavy atom. The third-order valence-corrected chi connectivity index (χ3v) is 7.23. The molecule has 1 fully saturated rings. The molecule has 1 atom stereocenters. The van der Waals surface area contributed by atoms with Gasteiger partial charge in [-0.3, -0.25) is 14.5 Å². The zero-order valence-corrected chi connectivity index (χ0v) is 22.8. The van der Waals surface area contributed by atoms with E-state index in [9.17, 15) is 9.59 Å². The van der Waals surface area contributed by atoms with Crippen molar-refractivity contribution >= 4 is 16.9 Å². The van der Waals surface area contributed by atoms with Gasteiger partial charge >= 0.3 is 0 Å². The third kappa shape index (κ3) is 5.02. The Kier molecular flexibility index (Phi) is 7.94. The van der Waals surface area contributed by atoms with Crippen molar-refractivity contribution in [1.29, 1.82) is 0 Å². The molecule has 0 N–H and O–H groups in total. The summed E-state index contributed by atoms with van der Waals surface area (Å²) in [4.78, 5) is 31.8. The van der Waals surface area contributed by atoms with Gasteiger partial charge in [0.2, 0.25) is 11.5 Å². The van der Waals surface area contributed by atoms with Crippen molar-refractivity contribution in [2.24, 2.45) is 0 Å². The Morgan fingerprint density at radius 3 is 2.31 bits per heavy atom. The van der Waals surface area contributed by atoms with Gasteiger partial charge < -0.3 is 33.0 Å². The van der Waals surface area contributed by atoms with Crippen LogP contribution in [0.4, 0.5) is 0 Å². The zero-order chi connectivity index (χ0) is 27.5. The molecule has 3 heterocycles. The normalized spacial score (nSPS) is 17.4. The molecule has 208 valence electrons. The second kappa shape index (κ2) is 11.5. The van der Waals surface area contributed by atoms with Gasteiger partial charge in [-0.15, -0.1) is 0 Å². The van der Waals surface area contributed by atoms with E-state index >= 15 is 0 Å². The summed E-state index contributed by atoms with van der Waals surface area (Å²) in [6.45, 7) is 6.72. The average molecular weight is 539 g/mol. The van der Waals surface area contributed by atoms with Gasteiger partial charge in [0.15, 0.2) is 16.9 Å². The molecule has 0 saturated carbocycles. The van der Waals surface area contributed by atoms with Gasteiger partial charge in [0.25, 0.3) is 5.91 Å². The molecule has 39 heavy (non-hydrogen) atoms. The minimum atomic E-state index is -0.682. The molecule has 0 aliphatic carbocycles. The van der Waals surface area contributed by atoms with Crippen LogP contribution in [0.5, 0.6) is 23.0 Å². The molecule has 1 saturated heterocycles. The number of rotatable bonds is 10. The number of fused-ring (bicyclic) bond motifs is 2. The molecule has 0 radical (unpaired) electrons. The lowest BCUT2D eigenvalue weighted by molar-refractivity contribution is 0.0353. The molecule has 0 bridgehead atoms. The predicted molar refractivity (Wildman–Crippen MR) is 145 cm³/mol. The fourth-order valence-electron chi connectivity index (χ4n) is 5.38. The molecule has 3 aromatic rings. The molecule has 1 amide bonds. The van der Waals surface area contributed by atoms with Gasteiger partial charge in [-0.05, 0) is 43.2 Å². The topological polar surface area (TPSA) is 99.9 Å². The lowest BCUT2D eigenvalue weighted by Gasteiger charge is -2.29. The summed E-state index contributed by atoms with van der Waals surface area (Å²) in [6.07, 6.45) is 0.725. The Morgan fingerprint density at radius 2 is 1.67 bits per heavy atom. The largest absolute Gasteiger partial charge is 0.494 e. The van der Waals surface area contributed by atoms with Crippen molar-refractivity contribution in [3.05, 3.63) is 57.4 Å². The minimum absolute atomic E-state index is 0.0475. The number of morpholine rings is 1. The minimum Gasteiger partial charge on any atom is -0.494 e. The second-order valence-electron chi connectivity index (χ2n) is 9.43. The van der Waals surface area contributed by atoms with Crippen molar-refractivity contribution < 1.29 is 32.9 Å². The van der Waals surface area contributed by atoms with E-state index < -0.39 is 6.04 Å². The summed E-state index contributed by atoms with van der Waals surface area (Å²) in [5, 5.41) is 0.387. The van der Waals surface area contributed by atoms with Crippen molar-refractivity contribution in [2.45, 2.75) is 19.4 Å². The number of ether oxygens (including phenoxy) is 5. The first-order chi connectivity index (χ1) is 19.0. The highest BCUT2D eigenvalue weighted by molar-refractivity contribution is 5.99. The summed E-state index contributed by atoms with van der Waals surface area (Å²) in [5.74, 6) is 1.60. The van der Waals surface area contributed by atoms with Crippen LogP contribution in [-0.2, 0) is 4.74 Å². The summed E-state index contributed by atoms with van der Waals surface area (Å²) in [7, 11) is 4.60. The highest BCUT2D eigenvalue weighted by atomic mass is 16.5. The van der Waals surface area contributed by atoms with Crippen LogP contribution < -0.4 is 24.4 Å². The number of benzene rings is 2. The number of hydrogen-bond acceptors (Lipinski definition) is 9. The first kappa shape index (κ1) is 26.8. The second-order valence-corrected chi connectivity index (χ2v) is 9.43. The smallest absolute Gasteiger partial charge is 0.290 e. The Hall–Kier alpha value is -3.76. The van der Waals surface area contributed by atoms with Crippen molar-refractivity contribution in [1.82, 2.24) is 9.80 Å². The number of carbonyl (C=O) groups excluding carboxylic acids is 1. The van der Waals surface area contributed by atoms with E-state index in [2.05, 4.69) is 4.90 Å². The predicted octanol–water partition coefficient (Wildman–Crippen LogP) is 3.49. The number of nitrogens with zero attached hydrogens (tertiary/aromatic N) is 2. The van der Waals surface area contributed by atoms with Gasteiger partial charge in [0.05, 0.1) is 58.1 Å². The zero-order valence-electron chi connectivity index (χ0n) is 22.8. The van der Waals surface area contributed by atoms with Crippen LogP contribution in [0.1, 0.15) is 41.1 Å². The fraction of sp³-hybridized carbons (Fsp3) is 0.448. The number of methoxy groups -OCH3 is 3. The van der Waals surface area contributed by atoms with Gasteiger partial charge in [0.1, 0.15) is 11.3 Å². The molecule has 2 aliphatic heterocycles. The highest BCUT2D eigenvalue weighted by Gasteiger charge is 2.43. The van der Waals surface area contributed by atoms with E-state index in [4.69, 9.17) is 28.1 Å². The average Bonchev–Trinajstić information content (AvgIpc) is 3.24. The standard InChI is InChI=1S/C29H34N2O8/c1-5-38-19-7-8-20-21(17-19)39-28-24(26(20)32)25(18-15-22(34-2)27(36-4)23(16-18)35-3)31(29(28)33)10-6-9-30-11-13-37-14-12-30/h7-8,15-17,25H,5-6,9-14H2,1-4H3. The maximum absolute atomic E-state index is 13.9.